The van der Waals surface area contributed by atoms with Gasteiger partial charge < -0.3 is 15.2 Å². The van der Waals surface area contributed by atoms with Crippen molar-refractivity contribution in [2.75, 3.05) is 6.54 Å². The van der Waals surface area contributed by atoms with Crippen molar-refractivity contribution < 1.29 is 18.0 Å². The van der Waals surface area contributed by atoms with Crippen molar-refractivity contribution in [3.8, 4) is 0 Å². The number of nitrogens with zero attached hydrogens (tertiary/aromatic N) is 2. The molecule has 0 saturated carbocycles. The molecule has 21 heavy (non-hydrogen) atoms. The maximum absolute atomic E-state index is 12.6. The summed E-state index contributed by atoms with van der Waals surface area (Å²) in [5.74, 6) is -0.369. The number of likely N-dealkylation sites (tertiary alicyclic amines) is 1. The highest BCUT2D eigenvalue weighted by Crippen LogP contribution is 2.26. The van der Waals surface area contributed by atoms with Crippen molar-refractivity contribution in [2.24, 2.45) is 5.73 Å². The van der Waals surface area contributed by atoms with Gasteiger partial charge in [-0.2, -0.15) is 13.2 Å². The van der Waals surface area contributed by atoms with E-state index in [1.54, 1.807) is 4.90 Å². The van der Waals surface area contributed by atoms with Crippen molar-refractivity contribution in [3.05, 3.63) is 24.0 Å². The van der Waals surface area contributed by atoms with Crippen LogP contribution in [0.2, 0.25) is 0 Å². The summed E-state index contributed by atoms with van der Waals surface area (Å²) in [5, 5.41) is 0. The molecule has 2 unspecified atom stereocenters. The number of amides is 1. The van der Waals surface area contributed by atoms with Gasteiger partial charge in [-0.15, -0.1) is 0 Å². The molecular formula is C14H20F3N3O. The molecule has 7 heteroatoms. The number of alkyl halides is 3. The fourth-order valence-electron chi connectivity index (χ4n) is 2.96. The van der Waals surface area contributed by atoms with Crippen molar-refractivity contribution in [3.63, 3.8) is 0 Å². The third-order valence-corrected chi connectivity index (χ3v) is 3.93. The predicted octanol–water partition coefficient (Wildman–Crippen LogP) is 2.39. The van der Waals surface area contributed by atoms with Crippen LogP contribution in [0.25, 0.3) is 0 Å². The van der Waals surface area contributed by atoms with E-state index >= 15 is 0 Å². The minimum Gasteiger partial charge on any atom is -0.334 e. The molecule has 1 amide bonds. The van der Waals surface area contributed by atoms with E-state index in [0.717, 1.165) is 23.8 Å². The third-order valence-electron chi connectivity index (χ3n) is 3.93. The molecule has 1 aliphatic rings. The van der Waals surface area contributed by atoms with Gasteiger partial charge in [0.2, 0.25) is 0 Å². The maximum atomic E-state index is 12.6. The Kier molecular flexibility index (Phi) is 4.61. The number of nitrogens with two attached hydrogens (primary N) is 1. The molecular weight excluding hydrogens is 283 g/mol. The Labute approximate surface area is 121 Å². The molecule has 0 bridgehead atoms. The molecule has 1 fully saturated rings. The molecule has 0 radical (unpaired) electrons. The first-order valence-electron chi connectivity index (χ1n) is 7.08. The van der Waals surface area contributed by atoms with E-state index in [9.17, 15) is 18.0 Å². The highest BCUT2D eigenvalue weighted by molar-refractivity contribution is 5.93. The molecule has 1 aromatic rings. The van der Waals surface area contributed by atoms with Crippen LogP contribution in [-0.2, 0) is 6.54 Å². The van der Waals surface area contributed by atoms with E-state index in [4.69, 9.17) is 5.73 Å². The first-order chi connectivity index (χ1) is 9.83. The molecule has 2 heterocycles. The Morgan fingerprint density at radius 3 is 2.76 bits per heavy atom. The zero-order chi connectivity index (χ0) is 15.6. The van der Waals surface area contributed by atoms with Crippen molar-refractivity contribution in [1.29, 1.82) is 0 Å². The molecule has 1 aromatic heterocycles. The molecule has 4 nitrogen and oxygen atoms in total. The van der Waals surface area contributed by atoms with Crippen LogP contribution >= 0.6 is 0 Å². The summed E-state index contributed by atoms with van der Waals surface area (Å²) in [7, 11) is 0. The fraction of sp³-hybridized carbons (Fsp3) is 0.643. The lowest BCUT2D eigenvalue weighted by Crippen LogP contribution is -2.52. The molecule has 2 atom stereocenters. The van der Waals surface area contributed by atoms with Crippen LogP contribution in [-0.4, -0.2) is 40.2 Å². The second-order valence-corrected chi connectivity index (χ2v) is 5.52. The van der Waals surface area contributed by atoms with Gasteiger partial charge in [0.1, 0.15) is 12.2 Å². The lowest BCUT2D eigenvalue weighted by molar-refractivity contribution is -0.140. The number of piperidine rings is 1. The Morgan fingerprint density at radius 1 is 1.43 bits per heavy atom. The quantitative estimate of drug-likeness (QED) is 0.932. The number of carbonyl (C=O) groups is 1. The minimum absolute atomic E-state index is 0.00552. The fourth-order valence-corrected chi connectivity index (χ4v) is 2.96. The van der Waals surface area contributed by atoms with Gasteiger partial charge in [-0.3, -0.25) is 4.79 Å². The van der Waals surface area contributed by atoms with E-state index in [1.165, 1.54) is 18.3 Å². The summed E-state index contributed by atoms with van der Waals surface area (Å²) in [6.07, 6.45) is -0.438. The standard InChI is InChI=1S/C14H20F3N3O/c1-10-4-2-5-11(8-18)20(10)13(21)12-6-3-7-19(12)9-14(15,16)17/h3,6-7,10-11H,2,4-5,8-9,18H2,1H3. The number of hydrogen-bond acceptors (Lipinski definition) is 2. The topological polar surface area (TPSA) is 51.3 Å². The lowest BCUT2D eigenvalue weighted by atomic mass is 9.96. The van der Waals surface area contributed by atoms with Gasteiger partial charge in [0.05, 0.1) is 0 Å². The van der Waals surface area contributed by atoms with Crippen LogP contribution in [0.5, 0.6) is 0 Å². The highest BCUT2D eigenvalue weighted by Gasteiger charge is 2.34. The molecule has 1 saturated heterocycles. The van der Waals surface area contributed by atoms with Gasteiger partial charge in [-0.1, -0.05) is 0 Å². The van der Waals surface area contributed by atoms with Crippen LogP contribution in [0.1, 0.15) is 36.7 Å². The van der Waals surface area contributed by atoms with E-state index < -0.39 is 12.7 Å². The monoisotopic (exact) mass is 303 g/mol. The van der Waals surface area contributed by atoms with Crippen molar-refractivity contribution >= 4 is 5.91 Å². The molecule has 2 N–H and O–H groups in total. The number of carbonyl (C=O) groups excluding carboxylic acids is 1. The molecule has 0 spiro atoms. The average molecular weight is 303 g/mol. The maximum Gasteiger partial charge on any atom is 0.406 e. The minimum atomic E-state index is -4.35. The largest absolute Gasteiger partial charge is 0.406 e. The summed E-state index contributed by atoms with van der Waals surface area (Å²) in [6.45, 7) is 1.09. The van der Waals surface area contributed by atoms with E-state index in [-0.39, 0.29) is 23.7 Å². The molecule has 2 rings (SSSR count). The smallest absolute Gasteiger partial charge is 0.334 e. The van der Waals surface area contributed by atoms with E-state index in [0.29, 0.717) is 6.54 Å². The second-order valence-electron chi connectivity index (χ2n) is 5.52. The third kappa shape index (κ3) is 3.58. The summed E-state index contributed by atoms with van der Waals surface area (Å²) in [4.78, 5) is 14.3. The molecule has 118 valence electrons. The van der Waals surface area contributed by atoms with Crippen LogP contribution in [0, 0.1) is 0 Å². The summed E-state index contributed by atoms with van der Waals surface area (Å²) < 4.78 is 38.6. The van der Waals surface area contributed by atoms with Gasteiger partial charge in [-0.25, -0.2) is 0 Å². The van der Waals surface area contributed by atoms with Crippen LogP contribution in [0.15, 0.2) is 18.3 Å². The van der Waals surface area contributed by atoms with Gasteiger partial charge in [0.15, 0.2) is 0 Å². The van der Waals surface area contributed by atoms with Crippen LogP contribution < -0.4 is 5.73 Å². The molecule has 0 aromatic carbocycles. The zero-order valence-corrected chi connectivity index (χ0v) is 11.9. The second kappa shape index (κ2) is 6.09. The first-order valence-corrected chi connectivity index (χ1v) is 7.08. The van der Waals surface area contributed by atoms with Crippen LogP contribution in [0.4, 0.5) is 13.2 Å². The van der Waals surface area contributed by atoms with Gasteiger partial charge in [0, 0.05) is 24.8 Å². The van der Waals surface area contributed by atoms with Gasteiger partial charge in [0.25, 0.3) is 5.91 Å². The van der Waals surface area contributed by atoms with E-state index in [2.05, 4.69) is 0 Å². The number of halogens is 3. The Bertz CT molecular complexity index is 498. The van der Waals surface area contributed by atoms with Crippen LogP contribution in [0.3, 0.4) is 0 Å². The van der Waals surface area contributed by atoms with Crippen molar-refractivity contribution in [1.82, 2.24) is 9.47 Å². The Hall–Kier alpha value is -1.50. The molecule has 0 aliphatic carbocycles. The summed E-state index contributed by atoms with van der Waals surface area (Å²) in [6, 6.07) is 2.79. The summed E-state index contributed by atoms with van der Waals surface area (Å²) >= 11 is 0. The first kappa shape index (κ1) is 15.9. The number of aromatic nitrogens is 1. The van der Waals surface area contributed by atoms with Gasteiger partial charge >= 0.3 is 6.18 Å². The zero-order valence-electron chi connectivity index (χ0n) is 11.9. The van der Waals surface area contributed by atoms with E-state index in [1.807, 2.05) is 6.92 Å². The lowest BCUT2D eigenvalue weighted by Gasteiger charge is -2.40. The number of rotatable bonds is 3. The highest BCUT2D eigenvalue weighted by atomic mass is 19.4. The Morgan fingerprint density at radius 2 is 2.14 bits per heavy atom. The Balaban J connectivity index is 2.25. The summed E-state index contributed by atoms with van der Waals surface area (Å²) in [5.41, 5.74) is 5.78. The SMILES string of the molecule is CC1CCCC(CN)N1C(=O)c1cccn1CC(F)(F)F. The molecule has 1 aliphatic heterocycles. The van der Waals surface area contributed by atoms with Crippen molar-refractivity contribution in [2.45, 2.75) is 51.0 Å². The average Bonchev–Trinajstić information content (AvgIpc) is 2.83. The normalized spacial score (nSPS) is 23.4. The number of hydrogen-bond donors (Lipinski definition) is 1. The van der Waals surface area contributed by atoms with Gasteiger partial charge in [-0.05, 0) is 38.3 Å². The predicted molar refractivity (Wildman–Crippen MR) is 72.8 cm³/mol.